The fourth-order valence-corrected chi connectivity index (χ4v) is 1.54. The summed E-state index contributed by atoms with van der Waals surface area (Å²) in [5, 5.41) is 3.05. The van der Waals surface area contributed by atoms with Crippen LogP contribution in [0.2, 0.25) is 0 Å². The fraction of sp³-hybridized carbons (Fsp3) is 0.462. The Bertz CT molecular complexity index is 352. The van der Waals surface area contributed by atoms with E-state index < -0.39 is 0 Å². The number of carbonyl (C=O) groups is 1. The number of ether oxygens (including phenoxy) is 2. The Morgan fingerprint density at radius 2 is 2.00 bits per heavy atom. The van der Waals surface area contributed by atoms with E-state index in [0.29, 0.717) is 19.8 Å². The Morgan fingerprint density at radius 3 is 2.65 bits per heavy atom. The van der Waals surface area contributed by atoms with E-state index in [2.05, 4.69) is 5.32 Å². The molecule has 0 saturated carbocycles. The molecule has 0 aliphatic carbocycles. The third-order valence-corrected chi connectivity index (χ3v) is 2.31. The molecule has 0 unspecified atom stereocenters. The number of nitrogens with one attached hydrogen (secondary N) is 1. The van der Waals surface area contributed by atoms with Crippen molar-refractivity contribution in [3.63, 3.8) is 0 Å². The number of rotatable bonds is 7. The zero-order valence-corrected chi connectivity index (χ0v) is 10.4. The Kier molecular flexibility index (Phi) is 6.29. The van der Waals surface area contributed by atoms with Gasteiger partial charge in [0, 0.05) is 13.7 Å². The molecule has 0 aliphatic heterocycles. The minimum absolute atomic E-state index is 0.225. The zero-order chi connectivity index (χ0) is 12.5. The van der Waals surface area contributed by atoms with Crippen LogP contribution in [-0.4, -0.2) is 26.2 Å². The van der Waals surface area contributed by atoms with Gasteiger partial charge >= 0.3 is 5.97 Å². The van der Waals surface area contributed by atoms with Crippen LogP contribution < -0.4 is 5.32 Å². The van der Waals surface area contributed by atoms with Crippen LogP contribution in [0.3, 0.4) is 0 Å². The summed E-state index contributed by atoms with van der Waals surface area (Å²) in [7, 11) is 1.67. The number of hydrogen-bond acceptors (Lipinski definition) is 4. The van der Waals surface area contributed by atoms with Crippen molar-refractivity contribution in [3.8, 4) is 0 Å². The lowest BCUT2D eigenvalue weighted by atomic mass is 10.1. The summed E-state index contributed by atoms with van der Waals surface area (Å²) >= 11 is 0. The molecule has 0 aliphatic rings. The van der Waals surface area contributed by atoms with Gasteiger partial charge in [0.05, 0.1) is 19.8 Å². The van der Waals surface area contributed by atoms with Crippen LogP contribution >= 0.6 is 0 Å². The van der Waals surface area contributed by atoms with Crippen molar-refractivity contribution < 1.29 is 14.3 Å². The van der Waals surface area contributed by atoms with Gasteiger partial charge in [-0.1, -0.05) is 24.3 Å². The Hall–Kier alpha value is -1.39. The molecule has 1 aromatic carbocycles. The molecule has 17 heavy (non-hydrogen) atoms. The van der Waals surface area contributed by atoms with E-state index in [1.165, 1.54) is 0 Å². The molecule has 0 bridgehead atoms. The summed E-state index contributed by atoms with van der Waals surface area (Å²) in [5.41, 5.74) is 2.27. The fourth-order valence-electron chi connectivity index (χ4n) is 1.54. The molecule has 0 atom stereocenters. The number of esters is 1. The maximum Gasteiger partial charge on any atom is 0.319 e. The number of methoxy groups -OCH3 is 1. The minimum atomic E-state index is -0.225. The molecule has 4 heteroatoms. The van der Waals surface area contributed by atoms with E-state index in [0.717, 1.165) is 11.1 Å². The molecular weight excluding hydrogens is 218 g/mol. The van der Waals surface area contributed by atoms with Crippen molar-refractivity contribution >= 4 is 5.97 Å². The normalized spacial score (nSPS) is 10.2. The third-order valence-electron chi connectivity index (χ3n) is 2.31. The van der Waals surface area contributed by atoms with Gasteiger partial charge < -0.3 is 14.8 Å². The number of benzene rings is 1. The van der Waals surface area contributed by atoms with Crippen molar-refractivity contribution in [2.75, 3.05) is 20.3 Å². The second-order valence-corrected chi connectivity index (χ2v) is 3.61. The van der Waals surface area contributed by atoms with Gasteiger partial charge in [-0.05, 0) is 18.1 Å². The number of hydrogen-bond donors (Lipinski definition) is 1. The molecule has 94 valence electrons. The van der Waals surface area contributed by atoms with Gasteiger partial charge in [0.25, 0.3) is 0 Å². The quantitative estimate of drug-likeness (QED) is 0.730. The molecular formula is C13H19NO3. The van der Waals surface area contributed by atoms with E-state index >= 15 is 0 Å². The van der Waals surface area contributed by atoms with Gasteiger partial charge in [-0.3, -0.25) is 4.79 Å². The molecule has 0 saturated heterocycles. The van der Waals surface area contributed by atoms with Gasteiger partial charge in [-0.25, -0.2) is 0 Å². The first kappa shape index (κ1) is 13.7. The largest absolute Gasteiger partial charge is 0.465 e. The van der Waals surface area contributed by atoms with E-state index in [1.54, 1.807) is 14.0 Å². The summed E-state index contributed by atoms with van der Waals surface area (Å²) < 4.78 is 9.95. The van der Waals surface area contributed by atoms with Crippen LogP contribution in [0.5, 0.6) is 0 Å². The van der Waals surface area contributed by atoms with Gasteiger partial charge in [0.2, 0.25) is 0 Å². The second-order valence-electron chi connectivity index (χ2n) is 3.61. The maximum atomic E-state index is 11.1. The molecule has 1 aromatic rings. The monoisotopic (exact) mass is 237 g/mol. The second kappa shape index (κ2) is 7.81. The Balaban J connectivity index is 2.43. The van der Waals surface area contributed by atoms with Crippen LogP contribution in [0.1, 0.15) is 18.1 Å². The Labute approximate surface area is 102 Å². The molecule has 1 rings (SSSR count). The molecule has 0 amide bonds. The smallest absolute Gasteiger partial charge is 0.319 e. The summed E-state index contributed by atoms with van der Waals surface area (Å²) in [6.45, 7) is 3.66. The lowest BCUT2D eigenvalue weighted by molar-refractivity contribution is -0.142. The van der Waals surface area contributed by atoms with Gasteiger partial charge in [0.15, 0.2) is 0 Å². The average molecular weight is 237 g/mol. The summed E-state index contributed by atoms with van der Waals surface area (Å²) in [4.78, 5) is 11.1. The lowest BCUT2D eigenvalue weighted by Crippen LogP contribution is -2.24. The molecule has 1 N–H and O–H groups in total. The highest BCUT2D eigenvalue weighted by atomic mass is 16.5. The molecule has 0 spiro atoms. The summed E-state index contributed by atoms with van der Waals surface area (Å²) in [5.74, 6) is -0.225. The van der Waals surface area contributed by atoms with Crippen molar-refractivity contribution in [1.82, 2.24) is 5.32 Å². The first-order valence-electron chi connectivity index (χ1n) is 5.70. The summed E-state index contributed by atoms with van der Waals surface area (Å²) in [6, 6.07) is 7.99. The van der Waals surface area contributed by atoms with Gasteiger partial charge in [0.1, 0.15) is 0 Å². The van der Waals surface area contributed by atoms with Crippen molar-refractivity contribution in [3.05, 3.63) is 35.4 Å². The minimum Gasteiger partial charge on any atom is -0.465 e. The van der Waals surface area contributed by atoms with Crippen molar-refractivity contribution in [2.24, 2.45) is 0 Å². The van der Waals surface area contributed by atoms with Gasteiger partial charge in [-0.2, -0.15) is 0 Å². The SMILES string of the molecule is CCOC(=O)CNCc1ccccc1COC. The van der Waals surface area contributed by atoms with E-state index in [-0.39, 0.29) is 12.5 Å². The highest BCUT2D eigenvalue weighted by Gasteiger charge is 2.03. The average Bonchev–Trinajstić information content (AvgIpc) is 2.32. The maximum absolute atomic E-state index is 11.1. The van der Waals surface area contributed by atoms with Crippen LogP contribution in [0.15, 0.2) is 24.3 Å². The highest BCUT2D eigenvalue weighted by molar-refractivity contribution is 5.71. The lowest BCUT2D eigenvalue weighted by Gasteiger charge is -2.09. The topological polar surface area (TPSA) is 47.6 Å². The predicted octanol–water partition coefficient (Wildman–Crippen LogP) is 1.49. The van der Waals surface area contributed by atoms with E-state index in [4.69, 9.17) is 9.47 Å². The first-order valence-corrected chi connectivity index (χ1v) is 5.70. The Morgan fingerprint density at radius 1 is 1.29 bits per heavy atom. The first-order chi connectivity index (χ1) is 8.27. The predicted molar refractivity (Wildman–Crippen MR) is 65.5 cm³/mol. The van der Waals surface area contributed by atoms with Gasteiger partial charge in [-0.15, -0.1) is 0 Å². The van der Waals surface area contributed by atoms with Crippen LogP contribution in [0, 0.1) is 0 Å². The van der Waals surface area contributed by atoms with Crippen molar-refractivity contribution in [1.29, 1.82) is 0 Å². The molecule has 0 radical (unpaired) electrons. The molecule has 0 aromatic heterocycles. The van der Waals surface area contributed by atoms with Crippen LogP contribution in [0.4, 0.5) is 0 Å². The number of carbonyl (C=O) groups excluding carboxylic acids is 1. The van der Waals surface area contributed by atoms with Crippen molar-refractivity contribution in [2.45, 2.75) is 20.1 Å². The molecule has 0 heterocycles. The molecule has 0 fully saturated rings. The molecule has 4 nitrogen and oxygen atoms in total. The highest BCUT2D eigenvalue weighted by Crippen LogP contribution is 2.09. The standard InChI is InChI=1S/C13H19NO3/c1-3-17-13(15)9-14-8-11-6-4-5-7-12(11)10-16-2/h4-7,14H,3,8-10H2,1-2H3. The van der Waals surface area contributed by atoms with E-state index in [9.17, 15) is 4.79 Å². The van der Waals surface area contributed by atoms with Crippen LogP contribution in [-0.2, 0) is 27.4 Å². The van der Waals surface area contributed by atoms with E-state index in [1.807, 2.05) is 24.3 Å². The van der Waals surface area contributed by atoms with Crippen LogP contribution in [0.25, 0.3) is 0 Å². The summed E-state index contributed by atoms with van der Waals surface area (Å²) in [6.07, 6.45) is 0. The zero-order valence-electron chi connectivity index (χ0n) is 10.4. The third kappa shape index (κ3) is 4.97.